The normalized spacial score (nSPS) is 20.4. The lowest BCUT2D eigenvalue weighted by molar-refractivity contribution is 0.678. The summed E-state index contributed by atoms with van der Waals surface area (Å²) in [7, 11) is 0. The second kappa shape index (κ2) is 4.27. The number of aryl methyl sites for hydroxylation is 1. The number of aromatic nitrogens is 1. The highest BCUT2D eigenvalue weighted by Gasteiger charge is 2.25. The minimum atomic E-state index is 0.500. The smallest absolute Gasteiger partial charge is 0.0610 e. The van der Waals surface area contributed by atoms with Crippen LogP contribution in [-0.2, 0) is 0 Å². The van der Waals surface area contributed by atoms with E-state index in [2.05, 4.69) is 34.4 Å². The summed E-state index contributed by atoms with van der Waals surface area (Å²) in [6.45, 7) is 3.96. The van der Waals surface area contributed by atoms with E-state index in [9.17, 15) is 0 Å². The first kappa shape index (κ1) is 11.0. The van der Waals surface area contributed by atoms with Gasteiger partial charge < -0.3 is 10.6 Å². The van der Waals surface area contributed by atoms with Crippen LogP contribution in [0.5, 0.6) is 0 Å². The SMILES string of the molecule is Cc1nsc2cccc(N3CCCC3CN)c12. The van der Waals surface area contributed by atoms with E-state index < -0.39 is 0 Å². The third-order valence-corrected chi connectivity index (χ3v) is 4.51. The van der Waals surface area contributed by atoms with Crippen molar-refractivity contribution < 1.29 is 0 Å². The Morgan fingerprint density at radius 3 is 3.24 bits per heavy atom. The van der Waals surface area contributed by atoms with Gasteiger partial charge in [-0.05, 0) is 43.4 Å². The van der Waals surface area contributed by atoms with Crippen LogP contribution in [0.2, 0.25) is 0 Å². The molecule has 3 rings (SSSR count). The Labute approximate surface area is 105 Å². The molecule has 3 nitrogen and oxygen atoms in total. The fourth-order valence-electron chi connectivity index (χ4n) is 2.76. The summed E-state index contributed by atoms with van der Waals surface area (Å²) < 4.78 is 5.74. The molecule has 4 heteroatoms. The number of fused-ring (bicyclic) bond motifs is 1. The molecule has 1 saturated heterocycles. The van der Waals surface area contributed by atoms with E-state index in [4.69, 9.17) is 5.73 Å². The molecule has 0 spiro atoms. The van der Waals surface area contributed by atoms with Crippen LogP contribution in [0, 0.1) is 6.92 Å². The minimum absolute atomic E-state index is 0.500. The topological polar surface area (TPSA) is 42.2 Å². The van der Waals surface area contributed by atoms with Crippen molar-refractivity contribution in [1.82, 2.24) is 4.37 Å². The summed E-state index contributed by atoms with van der Waals surface area (Å²) in [6.07, 6.45) is 2.46. The van der Waals surface area contributed by atoms with Gasteiger partial charge in [-0.3, -0.25) is 0 Å². The lowest BCUT2D eigenvalue weighted by Gasteiger charge is -2.26. The second-order valence-corrected chi connectivity index (χ2v) is 5.45. The first-order chi connectivity index (χ1) is 8.31. The van der Waals surface area contributed by atoms with E-state index >= 15 is 0 Å². The van der Waals surface area contributed by atoms with Gasteiger partial charge in [0.2, 0.25) is 0 Å². The quantitative estimate of drug-likeness (QED) is 0.886. The maximum absolute atomic E-state index is 5.86. The summed E-state index contributed by atoms with van der Waals surface area (Å²) in [5.74, 6) is 0. The molecule has 1 aliphatic heterocycles. The molecule has 1 aromatic carbocycles. The number of nitrogens with two attached hydrogens (primary N) is 1. The van der Waals surface area contributed by atoms with E-state index in [0.29, 0.717) is 6.04 Å². The van der Waals surface area contributed by atoms with Gasteiger partial charge in [0.25, 0.3) is 0 Å². The molecule has 1 unspecified atom stereocenters. The van der Waals surface area contributed by atoms with Crippen LogP contribution in [0.25, 0.3) is 10.1 Å². The number of nitrogens with zero attached hydrogens (tertiary/aromatic N) is 2. The number of hydrogen-bond donors (Lipinski definition) is 1. The van der Waals surface area contributed by atoms with Gasteiger partial charge in [0.1, 0.15) is 0 Å². The van der Waals surface area contributed by atoms with E-state index in [1.807, 2.05) is 0 Å². The first-order valence-corrected chi connectivity index (χ1v) is 6.90. The Balaban J connectivity index is 2.13. The van der Waals surface area contributed by atoms with Gasteiger partial charge in [-0.2, -0.15) is 4.37 Å². The summed E-state index contributed by atoms with van der Waals surface area (Å²) in [5.41, 5.74) is 8.33. The third-order valence-electron chi connectivity index (χ3n) is 3.61. The molecule has 0 amide bonds. The molecule has 90 valence electrons. The van der Waals surface area contributed by atoms with Crippen molar-refractivity contribution in [2.45, 2.75) is 25.8 Å². The standard InChI is InChI=1S/C13H17N3S/c1-9-13-11(5-2-6-12(13)17-15-9)16-7-3-4-10(16)8-14/h2,5-6,10H,3-4,7-8,14H2,1H3. The van der Waals surface area contributed by atoms with Crippen molar-refractivity contribution in [2.24, 2.45) is 5.73 Å². The summed E-state index contributed by atoms with van der Waals surface area (Å²) in [4.78, 5) is 2.46. The zero-order valence-corrected chi connectivity index (χ0v) is 10.8. The Morgan fingerprint density at radius 2 is 2.41 bits per heavy atom. The highest BCUT2D eigenvalue weighted by Crippen LogP contribution is 2.35. The maximum atomic E-state index is 5.86. The lowest BCUT2D eigenvalue weighted by Crippen LogP contribution is -2.35. The van der Waals surface area contributed by atoms with Gasteiger partial charge in [-0.25, -0.2) is 0 Å². The van der Waals surface area contributed by atoms with Crippen LogP contribution >= 0.6 is 11.5 Å². The molecule has 1 atom stereocenters. The molecule has 2 aromatic rings. The summed E-state index contributed by atoms with van der Waals surface area (Å²) >= 11 is 1.59. The van der Waals surface area contributed by atoms with Gasteiger partial charge in [-0.1, -0.05) is 6.07 Å². The van der Waals surface area contributed by atoms with Crippen LogP contribution in [0.15, 0.2) is 18.2 Å². The largest absolute Gasteiger partial charge is 0.367 e. The van der Waals surface area contributed by atoms with Crippen molar-refractivity contribution in [3.63, 3.8) is 0 Å². The molecule has 1 fully saturated rings. The molecule has 0 bridgehead atoms. The highest BCUT2D eigenvalue weighted by atomic mass is 32.1. The summed E-state index contributed by atoms with van der Waals surface area (Å²) in [6, 6.07) is 6.98. The zero-order chi connectivity index (χ0) is 11.8. The van der Waals surface area contributed by atoms with Crippen LogP contribution in [0.3, 0.4) is 0 Å². The second-order valence-electron chi connectivity index (χ2n) is 4.64. The van der Waals surface area contributed by atoms with Crippen LogP contribution in [0.1, 0.15) is 18.5 Å². The lowest BCUT2D eigenvalue weighted by atomic mass is 10.1. The molecule has 17 heavy (non-hydrogen) atoms. The molecule has 1 aliphatic rings. The predicted molar refractivity (Wildman–Crippen MR) is 73.8 cm³/mol. The Hall–Kier alpha value is -1.13. The van der Waals surface area contributed by atoms with Crippen molar-refractivity contribution >= 4 is 27.3 Å². The van der Waals surface area contributed by atoms with Crippen LogP contribution in [-0.4, -0.2) is 23.5 Å². The van der Waals surface area contributed by atoms with E-state index in [1.165, 1.54) is 28.6 Å². The number of hydrogen-bond acceptors (Lipinski definition) is 4. The molecule has 0 radical (unpaired) electrons. The predicted octanol–water partition coefficient (Wildman–Crippen LogP) is 2.53. The Morgan fingerprint density at radius 1 is 1.53 bits per heavy atom. The molecule has 1 aromatic heterocycles. The van der Waals surface area contributed by atoms with Crippen LogP contribution in [0.4, 0.5) is 5.69 Å². The molecule has 2 N–H and O–H groups in total. The Bertz CT molecular complexity index is 534. The third kappa shape index (κ3) is 1.72. The minimum Gasteiger partial charge on any atom is -0.367 e. The van der Waals surface area contributed by atoms with Gasteiger partial charge in [-0.15, -0.1) is 0 Å². The number of rotatable bonds is 2. The average Bonchev–Trinajstić information content (AvgIpc) is 2.96. The Kier molecular flexibility index (Phi) is 2.76. The average molecular weight is 247 g/mol. The van der Waals surface area contributed by atoms with Crippen molar-refractivity contribution in [3.8, 4) is 0 Å². The van der Waals surface area contributed by atoms with Gasteiger partial charge in [0, 0.05) is 30.2 Å². The molecular formula is C13H17N3S. The van der Waals surface area contributed by atoms with Crippen molar-refractivity contribution in [1.29, 1.82) is 0 Å². The highest BCUT2D eigenvalue weighted by molar-refractivity contribution is 7.13. The van der Waals surface area contributed by atoms with Crippen LogP contribution < -0.4 is 10.6 Å². The maximum Gasteiger partial charge on any atom is 0.0610 e. The first-order valence-electron chi connectivity index (χ1n) is 6.13. The zero-order valence-electron chi connectivity index (χ0n) is 10.0. The fraction of sp³-hybridized carbons (Fsp3) is 0.462. The van der Waals surface area contributed by atoms with Gasteiger partial charge in [0.05, 0.1) is 10.4 Å². The van der Waals surface area contributed by atoms with E-state index in [1.54, 1.807) is 11.5 Å². The van der Waals surface area contributed by atoms with Crippen molar-refractivity contribution in [3.05, 3.63) is 23.9 Å². The molecule has 2 heterocycles. The van der Waals surface area contributed by atoms with E-state index in [0.717, 1.165) is 18.8 Å². The van der Waals surface area contributed by atoms with Gasteiger partial charge in [0.15, 0.2) is 0 Å². The van der Waals surface area contributed by atoms with E-state index in [-0.39, 0.29) is 0 Å². The fourth-order valence-corrected chi connectivity index (χ4v) is 3.57. The molecular weight excluding hydrogens is 230 g/mol. The molecule has 0 saturated carbocycles. The number of anilines is 1. The van der Waals surface area contributed by atoms with Gasteiger partial charge >= 0.3 is 0 Å². The van der Waals surface area contributed by atoms with Crippen molar-refractivity contribution in [2.75, 3.05) is 18.0 Å². The monoisotopic (exact) mass is 247 g/mol. The summed E-state index contributed by atoms with van der Waals surface area (Å²) in [5, 5.41) is 1.32. The molecule has 0 aliphatic carbocycles. The number of benzene rings is 1.